The monoisotopic (exact) mass is 238 g/mol. The van der Waals surface area contributed by atoms with E-state index >= 15 is 0 Å². The summed E-state index contributed by atoms with van der Waals surface area (Å²) in [5, 5.41) is 32.5. The van der Waals surface area contributed by atoms with Gasteiger partial charge in [0.05, 0.1) is 0 Å². The zero-order chi connectivity index (χ0) is 8.31. The number of carboxylic acid groups (broad SMARTS) is 2. The van der Waals surface area contributed by atoms with Crippen molar-refractivity contribution in [3.63, 3.8) is 0 Å². The van der Waals surface area contributed by atoms with E-state index in [1.54, 1.807) is 0 Å². The number of aliphatic carboxylic acids is 2. The van der Waals surface area contributed by atoms with Crippen molar-refractivity contribution in [2.24, 2.45) is 0 Å². The van der Waals surface area contributed by atoms with Gasteiger partial charge >= 0.3 is 41.5 Å². The minimum Gasteiger partial charge on any atom is -1.00 e. The molecule has 0 aromatic heterocycles. The summed E-state index contributed by atoms with van der Waals surface area (Å²) >= 11 is 0. The smallest absolute Gasteiger partial charge is 1.00 e. The predicted octanol–water partition coefficient (Wildman–Crippen LogP) is -5.01. The van der Waals surface area contributed by atoms with E-state index in [0.29, 0.717) is 0 Å². The maximum Gasteiger partial charge on any atom is 1.00 e. The summed E-state index contributed by atoms with van der Waals surface area (Å²) in [7, 11) is 0. The molecule has 2 atom stereocenters. The molecule has 0 heterocycles. The van der Waals surface area contributed by atoms with Crippen LogP contribution in [-0.2, 0) is 29.1 Å². The van der Waals surface area contributed by atoms with Gasteiger partial charge in [-0.15, -0.1) is 0 Å². The summed E-state index contributed by atoms with van der Waals surface area (Å²) in [6.45, 7) is 0. The maximum absolute atomic E-state index is 9.77. The number of carboxylic acids is 2. The SMILES string of the molecule is O=C(O)C(O)C(O)C(=O)O.[H-].[Na+].[Zn]. The zero-order valence-electron chi connectivity index (χ0n) is 7.47. The summed E-state index contributed by atoms with van der Waals surface area (Å²) in [6.07, 6.45) is -4.53. The summed E-state index contributed by atoms with van der Waals surface area (Å²) < 4.78 is 0. The fourth-order valence-corrected chi connectivity index (χ4v) is 0.270. The molecule has 62 valence electrons. The molecule has 4 N–H and O–H groups in total. The van der Waals surface area contributed by atoms with Crippen LogP contribution in [0.5, 0.6) is 0 Å². The van der Waals surface area contributed by atoms with Gasteiger partial charge < -0.3 is 21.9 Å². The third-order valence-corrected chi connectivity index (χ3v) is 0.805. The second-order valence-electron chi connectivity index (χ2n) is 1.57. The quantitative estimate of drug-likeness (QED) is 0.367. The molecule has 0 saturated heterocycles. The fourth-order valence-electron chi connectivity index (χ4n) is 0.270. The first-order valence-corrected chi connectivity index (χ1v) is 2.28. The summed E-state index contributed by atoms with van der Waals surface area (Å²) in [5.41, 5.74) is 0. The standard InChI is InChI=1S/C4H6O6.Na.Zn.H/c5-1(3(7)8)2(6)4(9)10;;;/h1-2,5-6H,(H,7,8)(H,9,10);;;/q;+1;;-1. The molecule has 0 spiro atoms. The Bertz CT molecular complexity index is 149. The van der Waals surface area contributed by atoms with Crippen molar-refractivity contribution < 1.29 is 80.5 Å². The molecule has 0 aliphatic carbocycles. The number of aliphatic hydroxyl groups excluding tert-OH is 2. The maximum atomic E-state index is 9.77. The van der Waals surface area contributed by atoms with Gasteiger partial charge in [-0.2, -0.15) is 0 Å². The van der Waals surface area contributed by atoms with Gasteiger partial charge in [-0.05, 0) is 0 Å². The van der Waals surface area contributed by atoms with E-state index in [2.05, 4.69) is 0 Å². The van der Waals surface area contributed by atoms with Crippen molar-refractivity contribution in [3.8, 4) is 0 Å². The molecule has 6 nitrogen and oxygen atoms in total. The molecular weight excluding hydrogens is 232 g/mol. The third kappa shape index (κ3) is 6.05. The van der Waals surface area contributed by atoms with Crippen LogP contribution in [0.1, 0.15) is 1.43 Å². The minimum atomic E-state index is -2.27. The van der Waals surface area contributed by atoms with Gasteiger partial charge in [-0.1, -0.05) is 0 Å². The van der Waals surface area contributed by atoms with Gasteiger partial charge in [-0.25, -0.2) is 9.59 Å². The molecule has 0 aromatic rings. The molecule has 0 rings (SSSR count). The second-order valence-corrected chi connectivity index (χ2v) is 1.57. The number of carbonyl (C=O) groups is 2. The Hall–Kier alpha value is 0.483. The van der Waals surface area contributed by atoms with Crippen molar-refractivity contribution in [1.82, 2.24) is 0 Å². The Morgan fingerprint density at radius 3 is 1.25 bits per heavy atom. The van der Waals surface area contributed by atoms with Crippen LogP contribution >= 0.6 is 0 Å². The zero-order valence-corrected chi connectivity index (χ0v) is 11.4. The van der Waals surface area contributed by atoms with Crippen LogP contribution in [0.15, 0.2) is 0 Å². The fraction of sp³-hybridized carbons (Fsp3) is 0.500. The Balaban J connectivity index is -0.000000135. The molecule has 0 bridgehead atoms. The topological polar surface area (TPSA) is 115 Å². The molecule has 0 aliphatic rings. The van der Waals surface area contributed by atoms with Gasteiger partial charge in [-0.3, -0.25) is 0 Å². The Kier molecular flexibility index (Phi) is 12.4. The molecule has 0 radical (unpaired) electrons. The Morgan fingerprint density at radius 1 is 1.00 bits per heavy atom. The Morgan fingerprint density at radius 2 is 1.17 bits per heavy atom. The molecule has 0 aliphatic heterocycles. The molecule has 0 aromatic carbocycles. The third-order valence-electron chi connectivity index (χ3n) is 0.805. The van der Waals surface area contributed by atoms with Gasteiger partial charge in [0.1, 0.15) is 0 Å². The summed E-state index contributed by atoms with van der Waals surface area (Å²) in [6, 6.07) is 0. The normalized spacial score (nSPS) is 13.2. The van der Waals surface area contributed by atoms with Gasteiger partial charge in [0.25, 0.3) is 0 Å². The van der Waals surface area contributed by atoms with E-state index < -0.39 is 24.1 Å². The summed E-state index contributed by atoms with van der Waals surface area (Å²) in [4.78, 5) is 19.5. The second kappa shape index (κ2) is 8.10. The predicted molar refractivity (Wildman–Crippen MR) is 28.4 cm³/mol. The van der Waals surface area contributed by atoms with E-state index in [1.807, 2.05) is 0 Å². The molecule has 2 unspecified atom stereocenters. The molecule has 0 amide bonds. The van der Waals surface area contributed by atoms with Crippen LogP contribution in [0.3, 0.4) is 0 Å². The average molecular weight is 239 g/mol. The minimum absolute atomic E-state index is 0. The van der Waals surface area contributed by atoms with E-state index in [0.717, 1.165) is 0 Å². The number of hydrogen-bond donors (Lipinski definition) is 4. The van der Waals surface area contributed by atoms with E-state index in [4.69, 9.17) is 20.4 Å². The van der Waals surface area contributed by atoms with E-state index in [9.17, 15) is 9.59 Å². The van der Waals surface area contributed by atoms with Crippen molar-refractivity contribution in [2.45, 2.75) is 12.2 Å². The van der Waals surface area contributed by atoms with Crippen LogP contribution in [0.25, 0.3) is 0 Å². The number of rotatable bonds is 3. The number of aliphatic hydroxyl groups is 2. The summed E-state index contributed by atoms with van der Waals surface area (Å²) in [5.74, 6) is -3.54. The van der Waals surface area contributed by atoms with Crippen molar-refractivity contribution in [2.75, 3.05) is 0 Å². The first-order chi connectivity index (χ1) is 4.46. The van der Waals surface area contributed by atoms with E-state index in [-0.39, 0.29) is 50.5 Å². The van der Waals surface area contributed by atoms with Gasteiger partial charge in [0.15, 0.2) is 12.2 Å². The largest absolute Gasteiger partial charge is 1.00 e. The molecule has 0 fully saturated rings. The van der Waals surface area contributed by atoms with Crippen LogP contribution in [0.2, 0.25) is 0 Å². The Labute approximate surface area is 104 Å². The molecular formula is C4H7NaO6Zn. The van der Waals surface area contributed by atoms with Crippen LogP contribution < -0.4 is 29.6 Å². The van der Waals surface area contributed by atoms with Gasteiger partial charge in [0.2, 0.25) is 0 Å². The van der Waals surface area contributed by atoms with Crippen molar-refractivity contribution in [3.05, 3.63) is 0 Å². The van der Waals surface area contributed by atoms with Crippen LogP contribution in [-0.4, -0.2) is 44.6 Å². The molecule has 8 heteroatoms. The average Bonchev–Trinajstić information content (AvgIpc) is 1.84. The van der Waals surface area contributed by atoms with Crippen LogP contribution in [0, 0.1) is 0 Å². The first kappa shape index (κ1) is 18.3. The van der Waals surface area contributed by atoms with Gasteiger partial charge in [0, 0.05) is 19.5 Å². The van der Waals surface area contributed by atoms with E-state index in [1.165, 1.54) is 0 Å². The van der Waals surface area contributed by atoms with Crippen LogP contribution in [0.4, 0.5) is 0 Å². The number of hydrogen-bond acceptors (Lipinski definition) is 4. The van der Waals surface area contributed by atoms with Crippen molar-refractivity contribution >= 4 is 11.9 Å². The first-order valence-electron chi connectivity index (χ1n) is 2.28. The molecule has 12 heavy (non-hydrogen) atoms. The molecule has 0 saturated carbocycles. The van der Waals surface area contributed by atoms with Crippen molar-refractivity contribution in [1.29, 1.82) is 0 Å².